The topological polar surface area (TPSA) is 17.1 Å². The molecule has 13 rings (SSSR count). The molecule has 2 aliphatic carbocycles. The zero-order valence-corrected chi connectivity index (χ0v) is 39.0. The SMILES string of the molecule is Cc1cc2c3c(c1)C(c1ccc(-c4cccc5c4sc4ccccc45)cc1)(c1ccc(P(=O)(c4ccccc4)c4ccccc4)cc1)c1cc(C)cc(c1-3)C2(c1ccccc1)c1ccccc1. The molecule has 10 aromatic carbocycles. The van der Waals surface area contributed by atoms with E-state index in [2.05, 4.69) is 190 Å². The molecule has 0 N–H and O–H groups in total. The molecule has 318 valence electrons. The minimum Gasteiger partial charge on any atom is -0.309 e. The molecule has 67 heavy (non-hydrogen) atoms. The predicted molar refractivity (Wildman–Crippen MR) is 283 cm³/mol. The van der Waals surface area contributed by atoms with E-state index in [9.17, 15) is 0 Å². The molecule has 0 atom stereocenters. The standard InChI is InChI=1S/C64H45OPS/c1-42-38-55-60-57(40-42)64(47-32-30-44(31-33-47)52-27-17-28-54-53-26-15-16-29-59(53)67-62(52)54,48-34-36-51(37-35-48)66(65,49-22-11-5-12-23-49)50-24-13-6-14-25-50)58-41-43(2)39-56(61(58)60)63(55,45-18-7-3-8-19-45)46-20-9-4-10-21-46/h3-41H,1-2H3. The summed E-state index contributed by atoms with van der Waals surface area (Å²) in [5.74, 6) is 0. The highest BCUT2D eigenvalue weighted by Crippen LogP contribution is 2.67. The molecule has 0 unspecified atom stereocenters. The summed E-state index contributed by atoms with van der Waals surface area (Å²) < 4.78 is 18.4. The zero-order valence-electron chi connectivity index (χ0n) is 37.3. The van der Waals surface area contributed by atoms with Crippen molar-refractivity contribution in [3.05, 3.63) is 292 Å². The molecule has 0 spiro atoms. The van der Waals surface area contributed by atoms with Crippen molar-refractivity contribution in [1.82, 2.24) is 0 Å². The Morgan fingerprint density at radius 3 is 1.25 bits per heavy atom. The van der Waals surface area contributed by atoms with Gasteiger partial charge in [0.1, 0.15) is 0 Å². The Balaban J connectivity index is 1.09. The van der Waals surface area contributed by atoms with Crippen LogP contribution < -0.4 is 15.9 Å². The molecule has 0 saturated carbocycles. The first-order valence-corrected chi connectivity index (χ1v) is 25.7. The van der Waals surface area contributed by atoms with Gasteiger partial charge in [-0.25, -0.2) is 0 Å². The van der Waals surface area contributed by atoms with Crippen molar-refractivity contribution in [2.45, 2.75) is 24.7 Å². The predicted octanol–water partition coefficient (Wildman–Crippen LogP) is 15.0. The van der Waals surface area contributed by atoms with E-state index in [-0.39, 0.29) is 0 Å². The lowest BCUT2D eigenvalue weighted by Gasteiger charge is -2.39. The molecular weight excluding hydrogens is 848 g/mol. The third-order valence-electron chi connectivity index (χ3n) is 14.8. The minimum atomic E-state index is -3.22. The van der Waals surface area contributed by atoms with Crippen molar-refractivity contribution in [2.24, 2.45) is 0 Å². The second-order valence-corrected chi connectivity index (χ2v) is 22.2. The highest BCUT2D eigenvalue weighted by molar-refractivity contribution is 7.85. The number of aryl methyl sites for hydroxylation is 2. The van der Waals surface area contributed by atoms with E-state index in [1.165, 1.54) is 92.5 Å². The Morgan fingerprint density at radius 1 is 0.373 bits per heavy atom. The summed E-state index contributed by atoms with van der Waals surface area (Å²) in [6, 6.07) is 86.0. The summed E-state index contributed by atoms with van der Waals surface area (Å²) in [6.07, 6.45) is 0. The van der Waals surface area contributed by atoms with Crippen LogP contribution in [0.3, 0.4) is 0 Å². The average Bonchev–Trinajstić information content (AvgIpc) is 4.01. The number of benzene rings is 10. The van der Waals surface area contributed by atoms with Crippen LogP contribution in [0, 0.1) is 13.8 Å². The lowest BCUT2D eigenvalue weighted by molar-refractivity contribution is 0.592. The normalized spacial score (nSPS) is 14.1. The van der Waals surface area contributed by atoms with Crippen molar-refractivity contribution in [3.63, 3.8) is 0 Å². The van der Waals surface area contributed by atoms with Gasteiger partial charge in [-0.2, -0.15) is 0 Å². The maximum absolute atomic E-state index is 15.8. The van der Waals surface area contributed by atoms with Gasteiger partial charge in [0.2, 0.25) is 0 Å². The summed E-state index contributed by atoms with van der Waals surface area (Å²) in [5.41, 5.74) is 16.5. The van der Waals surface area contributed by atoms with Crippen molar-refractivity contribution >= 4 is 54.6 Å². The van der Waals surface area contributed by atoms with Crippen LogP contribution in [0.5, 0.6) is 0 Å². The van der Waals surface area contributed by atoms with Crippen LogP contribution in [-0.2, 0) is 15.4 Å². The quantitative estimate of drug-likeness (QED) is 0.139. The van der Waals surface area contributed by atoms with Crippen molar-refractivity contribution < 1.29 is 4.57 Å². The van der Waals surface area contributed by atoms with Crippen LogP contribution in [-0.4, -0.2) is 0 Å². The Morgan fingerprint density at radius 2 is 0.761 bits per heavy atom. The highest BCUT2D eigenvalue weighted by Gasteiger charge is 2.56. The average molecular weight is 893 g/mol. The van der Waals surface area contributed by atoms with Crippen LogP contribution in [0.4, 0.5) is 0 Å². The van der Waals surface area contributed by atoms with Gasteiger partial charge < -0.3 is 4.57 Å². The summed E-state index contributed by atoms with van der Waals surface area (Å²) in [6.45, 7) is 4.53. The molecule has 1 aromatic heterocycles. The summed E-state index contributed by atoms with van der Waals surface area (Å²) in [7, 11) is -3.22. The molecule has 1 heterocycles. The lowest BCUT2D eigenvalue weighted by atomic mass is 9.62. The largest absolute Gasteiger partial charge is 0.309 e. The van der Waals surface area contributed by atoms with E-state index >= 15 is 4.57 Å². The van der Waals surface area contributed by atoms with Crippen LogP contribution in [0.1, 0.15) is 55.6 Å². The molecule has 0 aliphatic heterocycles. The van der Waals surface area contributed by atoms with Gasteiger partial charge in [0.15, 0.2) is 7.14 Å². The van der Waals surface area contributed by atoms with Gasteiger partial charge in [0.25, 0.3) is 0 Å². The third-order valence-corrected chi connectivity index (χ3v) is 19.1. The molecule has 11 aromatic rings. The molecule has 2 aliphatic rings. The summed E-state index contributed by atoms with van der Waals surface area (Å²) in [4.78, 5) is 0. The molecule has 0 radical (unpaired) electrons. The van der Waals surface area contributed by atoms with E-state index in [1.807, 2.05) is 72.0 Å². The van der Waals surface area contributed by atoms with E-state index in [4.69, 9.17) is 0 Å². The van der Waals surface area contributed by atoms with Gasteiger partial charge in [0.05, 0.1) is 10.8 Å². The second kappa shape index (κ2) is 15.1. The molecule has 0 bridgehead atoms. The minimum absolute atomic E-state index is 0.518. The monoisotopic (exact) mass is 892 g/mol. The van der Waals surface area contributed by atoms with Gasteiger partial charge in [-0.3, -0.25) is 0 Å². The van der Waals surface area contributed by atoms with E-state index in [0.717, 1.165) is 21.5 Å². The van der Waals surface area contributed by atoms with Crippen LogP contribution in [0.15, 0.2) is 237 Å². The first-order chi connectivity index (χ1) is 32.9. The smallest absolute Gasteiger partial charge is 0.171 e. The van der Waals surface area contributed by atoms with Gasteiger partial charge >= 0.3 is 0 Å². The number of hydrogen-bond acceptors (Lipinski definition) is 2. The van der Waals surface area contributed by atoms with Crippen LogP contribution in [0.25, 0.3) is 42.4 Å². The van der Waals surface area contributed by atoms with Crippen LogP contribution in [0.2, 0.25) is 0 Å². The fourth-order valence-electron chi connectivity index (χ4n) is 12.1. The fourth-order valence-corrected chi connectivity index (χ4v) is 15.9. The van der Waals surface area contributed by atoms with Gasteiger partial charge in [-0.05, 0) is 86.7 Å². The Bertz CT molecular complexity index is 3620. The van der Waals surface area contributed by atoms with E-state index < -0.39 is 18.0 Å². The zero-order chi connectivity index (χ0) is 44.9. The molecular formula is C64H45OPS. The second-order valence-electron chi connectivity index (χ2n) is 18.4. The van der Waals surface area contributed by atoms with E-state index in [1.54, 1.807) is 0 Å². The first-order valence-electron chi connectivity index (χ1n) is 23.2. The summed E-state index contributed by atoms with van der Waals surface area (Å²) in [5, 5.41) is 5.09. The Kier molecular flexibility index (Phi) is 9.00. The van der Waals surface area contributed by atoms with Gasteiger partial charge in [-0.15, -0.1) is 11.3 Å². The van der Waals surface area contributed by atoms with Gasteiger partial charge in [0, 0.05) is 36.1 Å². The van der Waals surface area contributed by atoms with Crippen molar-refractivity contribution in [2.75, 3.05) is 0 Å². The number of hydrogen-bond donors (Lipinski definition) is 0. The highest BCUT2D eigenvalue weighted by atomic mass is 32.1. The van der Waals surface area contributed by atoms with Crippen molar-refractivity contribution in [1.29, 1.82) is 0 Å². The molecule has 0 fully saturated rings. The first kappa shape index (κ1) is 40.0. The Hall–Kier alpha value is -7.35. The van der Waals surface area contributed by atoms with Crippen molar-refractivity contribution in [3.8, 4) is 22.3 Å². The number of thiophene rings is 1. The molecule has 1 nitrogen and oxygen atoms in total. The number of fused-ring (bicyclic) bond motifs is 3. The number of rotatable bonds is 8. The lowest BCUT2D eigenvalue weighted by Crippen LogP contribution is -2.33. The molecule has 0 amide bonds. The van der Waals surface area contributed by atoms with Gasteiger partial charge in [-0.1, -0.05) is 242 Å². The van der Waals surface area contributed by atoms with Crippen LogP contribution >= 0.6 is 18.5 Å². The fraction of sp³-hybridized carbons (Fsp3) is 0.0625. The van der Waals surface area contributed by atoms with E-state index in [0.29, 0.717) is 0 Å². The maximum atomic E-state index is 15.8. The Labute approximate surface area is 396 Å². The maximum Gasteiger partial charge on any atom is 0.171 e. The molecule has 0 saturated heterocycles. The third kappa shape index (κ3) is 5.58. The molecule has 3 heteroatoms. The summed E-state index contributed by atoms with van der Waals surface area (Å²) >= 11 is 1.87.